The summed E-state index contributed by atoms with van der Waals surface area (Å²) in [5.74, 6) is 2.29. The van der Waals surface area contributed by atoms with E-state index in [9.17, 15) is 0 Å². The summed E-state index contributed by atoms with van der Waals surface area (Å²) in [6.45, 7) is 4.61. The molecular weight excluding hydrogens is 140 g/mol. The van der Waals surface area contributed by atoms with Gasteiger partial charge in [-0.2, -0.15) is 11.8 Å². The van der Waals surface area contributed by atoms with Crippen LogP contribution >= 0.6 is 11.8 Å². The number of thioether (sulfide) groups is 1. The number of hydrogen-bond acceptors (Lipinski definition) is 1. The van der Waals surface area contributed by atoms with Crippen LogP contribution in [0.4, 0.5) is 0 Å². The predicted octanol–water partition coefficient (Wildman–Crippen LogP) is 3.32. The Kier molecular flexibility index (Phi) is 3.61. The molecule has 0 nitrogen and oxygen atoms in total. The maximum absolute atomic E-state index is 2.31. The molecule has 0 spiro atoms. The number of hydrogen-bond donors (Lipinski definition) is 0. The zero-order valence-electron chi connectivity index (χ0n) is 7.10. The molecule has 0 aromatic carbocycles. The van der Waals surface area contributed by atoms with E-state index in [1.54, 1.807) is 0 Å². The monoisotopic (exact) mass is 158 g/mol. The SMILES string of the molecule is CC(C)CCSC1CCC1. The van der Waals surface area contributed by atoms with Crippen LogP contribution in [0.3, 0.4) is 0 Å². The normalized spacial score (nSPS) is 19.5. The molecule has 0 bridgehead atoms. The largest absolute Gasteiger partial charge is 0.159 e. The van der Waals surface area contributed by atoms with E-state index in [1.807, 2.05) is 0 Å². The first-order valence-corrected chi connectivity index (χ1v) is 5.45. The van der Waals surface area contributed by atoms with Crippen LogP contribution < -0.4 is 0 Å². The molecule has 0 aromatic heterocycles. The highest BCUT2D eigenvalue weighted by Crippen LogP contribution is 2.31. The molecule has 1 aliphatic carbocycles. The maximum Gasteiger partial charge on any atom is 0.00470 e. The Morgan fingerprint density at radius 3 is 2.50 bits per heavy atom. The van der Waals surface area contributed by atoms with Gasteiger partial charge >= 0.3 is 0 Å². The summed E-state index contributed by atoms with van der Waals surface area (Å²) in [6.07, 6.45) is 5.87. The van der Waals surface area contributed by atoms with E-state index in [2.05, 4.69) is 25.6 Å². The summed E-state index contributed by atoms with van der Waals surface area (Å²) in [7, 11) is 0. The maximum atomic E-state index is 2.31. The fourth-order valence-corrected chi connectivity index (χ4v) is 2.62. The summed E-state index contributed by atoms with van der Waals surface area (Å²) >= 11 is 2.19. The van der Waals surface area contributed by atoms with Gasteiger partial charge in [-0.05, 0) is 30.9 Å². The van der Waals surface area contributed by atoms with Gasteiger partial charge in [0.05, 0.1) is 0 Å². The van der Waals surface area contributed by atoms with Gasteiger partial charge in [0.2, 0.25) is 0 Å². The second kappa shape index (κ2) is 4.27. The van der Waals surface area contributed by atoms with Crippen LogP contribution in [0, 0.1) is 5.92 Å². The van der Waals surface area contributed by atoms with Crippen molar-refractivity contribution < 1.29 is 0 Å². The van der Waals surface area contributed by atoms with Gasteiger partial charge in [-0.3, -0.25) is 0 Å². The third-order valence-corrected chi connectivity index (χ3v) is 3.52. The van der Waals surface area contributed by atoms with Crippen molar-refractivity contribution in [2.24, 2.45) is 5.92 Å². The average Bonchev–Trinajstić information content (AvgIpc) is 1.75. The lowest BCUT2D eigenvalue weighted by Crippen LogP contribution is -2.13. The van der Waals surface area contributed by atoms with Crippen molar-refractivity contribution in [3.05, 3.63) is 0 Å². The van der Waals surface area contributed by atoms with Crippen LogP contribution in [-0.2, 0) is 0 Å². The van der Waals surface area contributed by atoms with Crippen LogP contribution in [0.2, 0.25) is 0 Å². The minimum absolute atomic E-state index is 0.896. The Morgan fingerprint density at radius 1 is 1.40 bits per heavy atom. The van der Waals surface area contributed by atoms with E-state index in [0.717, 1.165) is 11.2 Å². The molecule has 1 aliphatic rings. The fourth-order valence-electron chi connectivity index (χ4n) is 1.01. The van der Waals surface area contributed by atoms with Gasteiger partial charge in [0.15, 0.2) is 0 Å². The lowest BCUT2D eigenvalue weighted by atomic mass is 10.0. The Balaban J connectivity index is 1.85. The second-order valence-electron chi connectivity index (χ2n) is 3.61. The van der Waals surface area contributed by atoms with E-state index in [-0.39, 0.29) is 0 Å². The van der Waals surface area contributed by atoms with Gasteiger partial charge in [-0.1, -0.05) is 20.3 Å². The first-order valence-electron chi connectivity index (χ1n) is 4.40. The Hall–Kier alpha value is 0.350. The molecule has 1 rings (SSSR count). The first kappa shape index (κ1) is 8.45. The molecule has 60 valence electrons. The summed E-state index contributed by atoms with van der Waals surface area (Å²) in [4.78, 5) is 0. The van der Waals surface area contributed by atoms with E-state index in [0.29, 0.717) is 0 Å². The molecule has 0 amide bonds. The van der Waals surface area contributed by atoms with Crippen LogP contribution in [0.1, 0.15) is 39.5 Å². The van der Waals surface area contributed by atoms with Gasteiger partial charge < -0.3 is 0 Å². The molecule has 0 unspecified atom stereocenters. The molecular formula is C9H18S. The second-order valence-corrected chi connectivity index (χ2v) is 5.01. The average molecular weight is 158 g/mol. The van der Waals surface area contributed by atoms with Crippen LogP contribution in [-0.4, -0.2) is 11.0 Å². The smallest absolute Gasteiger partial charge is 0.00470 e. The van der Waals surface area contributed by atoms with Gasteiger partial charge in [0, 0.05) is 5.25 Å². The zero-order chi connectivity index (χ0) is 7.40. The highest BCUT2D eigenvalue weighted by molar-refractivity contribution is 7.99. The summed E-state index contributed by atoms with van der Waals surface area (Å²) in [5, 5.41) is 1.04. The van der Waals surface area contributed by atoms with Crippen molar-refractivity contribution in [2.45, 2.75) is 44.8 Å². The molecule has 0 aliphatic heterocycles. The number of rotatable bonds is 4. The van der Waals surface area contributed by atoms with E-state index in [4.69, 9.17) is 0 Å². The van der Waals surface area contributed by atoms with Crippen LogP contribution in [0.5, 0.6) is 0 Å². The minimum Gasteiger partial charge on any atom is -0.159 e. The van der Waals surface area contributed by atoms with E-state index < -0.39 is 0 Å². The Bertz CT molecular complexity index is 84.7. The third kappa shape index (κ3) is 2.96. The van der Waals surface area contributed by atoms with Crippen molar-refractivity contribution in [2.75, 3.05) is 5.75 Å². The third-order valence-electron chi connectivity index (χ3n) is 2.10. The van der Waals surface area contributed by atoms with E-state index >= 15 is 0 Å². The molecule has 0 heterocycles. The molecule has 0 saturated heterocycles. The Labute approximate surface area is 68.8 Å². The lowest BCUT2D eigenvalue weighted by Gasteiger charge is -2.24. The van der Waals surface area contributed by atoms with Crippen molar-refractivity contribution >= 4 is 11.8 Å². The van der Waals surface area contributed by atoms with Gasteiger partial charge in [-0.25, -0.2) is 0 Å². The molecule has 0 radical (unpaired) electrons. The van der Waals surface area contributed by atoms with Crippen LogP contribution in [0.25, 0.3) is 0 Å². The molecule has 1 fully saturated rings. The molecule has 0 N–H and O–H groups in total. The highest BCUT2D eigenvalue weighted by Gasteiger charge is 2.16. The van der Waals surface area contributed by atoms with E-state index in [1.165, 1.54) is 31.4 Å². The van der Waals surface area contributed by atoms with Gasteiger partial charge in [-0.15, -0.1) is 0 Å². The van der Waals surface area contributed by atoms with Gasteiger partial charge in [0.25, 0.3) is 0 Å². The van der Waals surface area contributed by atoms with Crippen LogP contribution in [0.15, 0.2) is 0 Å². The molecule has 1 saturated carbocycles. The zero-order valence-corrected chi connectivity index (χ0v) is 7.91. The molecule has 10 heavy (non-hydrogen) atoms. The molecule has 0 aromatic rings. The molecule has 1 heteroatoms. The first-order chi connectivity index (χ1) is 4.79. The lowest BCUT2D eigenvalue weighted by molar-refractivity contribution is 0.520. The van der Waals surface area contributed by atoms with Crippen molar-refractivity contribution in [1.29, 1.82) is 0 Å². The summed E-state index contributed by atoms with van der Waals surface area (Å²) < 4.78 is 0. The van der Waals surface area contributed by atoms with Crippen molar-refractivity contribution in [3.8, 4) is 0 Å². The Morgan fingerprint density at radius 2 is 2.10 bits per heavy atom. The van der Waals surface area contributed by atoms with Crippen molar-refractivity contribution in [3.63, 3.8) is 0 Å². The summed E-state index contributed by atoms with van der Waals surface area (Å²) in [6, 6.07) is 0. The standard InChI is InChI=1S/C9H18S/c1-8(2)6-7-10-9-4-3-5-9/h8-9H,3-7H2,1-2H3. The van der Waals surface area contributed by atoms with Gasteiger partial charge in [0.1, 0.15) is 0 Å². The predicted molar refractivity (Wildman–Crippen MR) is 49.6 cm³/mol. The highest BCUT2D eigenvalue weighted by atomic mass is 32.2. The topological polar surface area (TPSA) is 0 Å². The summed E-state index contributed by atoms with van der Waals surface area (Å²) in [5.41, 5.74) is 0. The molecule has 0 atom stereocenters. The van der Waals surface area contributed by atoms with Crippen molar-refractivity contribution in [1.82, 2.24) is 0 Å². The fraction of sp³-hybridized carbons (Fsp3) is 1.00. The minimum atomic E-state index is 0.896. The quantitative estimate of drug-likeness (QED) is 0.605.